The first-order valence-corrected chi connectivity index (χ1v) is 6.87. The third kappa shape index (κ3) is 2.82. The Balaban J connectivity index is 2.05. The number of nitrogen functional groups attached to an aromatic ring is 1. The Morgan fingerprint density at radius 3 is 2.83 bits per heavy atom. The maximum Gasteiger partial charge on any atom is 0.127 e. The van der Waals surface area contributed by atoms with Crippen molar-refractivity contribution >= 4 is 22.8 Å². The minimum Gasteiger partial charge on any atom is -0.398 e. The topological polar surface area (TPSA) is 50.9 Å². The second-order valence-electron chi connectivity index (χ2n) is 5.14. The molecule has 2 rings (SSSR count). The van der Waals surface area contributed by atoms with E-state index in [0.717, 1.165) is 23.6 Å². The molecule has 0 saturated heterocycles. The lowest BCUT2D eigenvalue weighted by atomic mass is 9.91. The molecule has 3 nitrogen and oxygen atoms in total. The van der Waals surface area contributed by atoms with E-state index >= 15 is 0 Å². The van der Waals surface area contributed by atoms with E-state index in [9.17, 15) is 0 Å². The highest BCUT2D eigenvalue weighted by Crippen LogP contribution is 2.27. The molecule has 0 fully saturated rings. The van der Waals surface area contributed by atoms with Gasteiger partial charge in [-0.3, -0.25) is 0 Å². The highest BCUT2D eigenvalue weighted by Gasteiger charge is 2.21. The monoisotopic (exact) mass is 261 g/mol. The van der Waals surface area contributed by atoms with Gasteiger partial charge in [0.25, 0.3) is 0 Å². The van der Waals surface area contributed by atoms with Gasteiger partial charge in [0.15, 0.2) is 0 Å². The maximum atomic E-state index is 5.88. The fourth-order valence-corrected chi connectivity index (χ4v) is 2.55. The average Bonchev–Trinajstić information content (AvgIpc) is 2.85. The lowest BCUT2D eigenvalue weighted by molar-refractivity contribution is 0.568. The van der Waals surface area contributed by atoms with Crippen LogP contribution in [0.4, 0.5) is 11.5 Å². The number of hydrogen-bond acceptors (Lipinski definition) is 4. The molecule has 0 atom stereocenters. The van der Waals surface area contributed by atoms with Gasteiger partial charge in [-0.2, -0.15) is 0 Å². The zero-order chi connectivity index (χ0) is 13.2. The van der Waals surface area contributed by atoms with Gasteiger partial charge in [0, 0.05) is 34.8 Å². The summed E-state index contributed by atoms with van der Waals surface area (Å²) in [5.41, 5.74) is 7.76. The van der Waals surface area contributed by atoms with E-state index in [1.807, 2.05) is 13.0 Å². The van der Waals surface area contributed by atoms with Gasteiger partial charge in [0.2, 0.25) is 0 Å². The fraction of sp³-hybridized carbons (Fsp3) is 0.357. The number of nitrogens with two attached hydrogens (primary N) is 1. The highest BCUT2D eigenvalue weighted by molar-refractivity contribution is 7.10. The molecule has 0 amide bonds. The molecule has 0 spiro atoms. The van der Waals surface area contributed by atoms with Gasteiger partial charge < -0.3 is 11.1 Å². The molecule has 0 aliphatic rings. The van der Waals surface area contributed by atoms with Crippen molar-refractivity contribution in [1.29, 1.82) is 0 Å². The summed E-state index contributed by atoms with van der Waals surface area (Å²) in [7, 11) is 0. The SMILES string of the molecule is Cc1cnc(NCC(C)(C)c2cccs2)cc1N. The normalized spacial score (nSPS) is 11.5. The molecular formula is C14H19N3S. The molecule has 0 saturated carbocycles. The van der Waals surface area contributed by atoms with Crippen LogP contribution in [0.15, 0.2) is 29.8 Å². The molecule has 0 unspecified atom stereocenters. The molecule has 0 bridgehead atoms. The van der Waals surface area contributed by atoms with Crippen molar-refractivity contribution in [3.63, 3.8) is 0 Å². The minimum absolute atomic E-state index is 0.0928. The van der Waals surface area contributed by atoms with E-state index in [1.54, 1.807) is 17.5 Å². The Morgan fingerprint density at radius 2 is 2.22 bits per heavy atom. The molecule has 0 aromatic carbocycles. The number of nitrogens with zero attached hydrogens (tertiary/aromatic N) is 1. The van der Waals surface area contributed by atoms with Crippen molar-refractivity contribution in [2.75, 3.05) is 17.6 Å². The van der Waals surface area contributed by atoms with Crippen LogP contribution in [0.3, 0.4) is 0 Å². The largest absolute Gasteiger partial charge is 0.398 e. The molecule has 0 radical (unpaired) electrons. The first kappa shape index (κ1) is 12.9. The Bertz CT molecular complexity index is 518. The number of nitrogens with one attached hydrogen (secondary N) is 1. The van der Waals surface area contributed by atoms with Crippen molar-refractivity contribution in [2.45, 2.75) is 26.2 Å². The molecule has 4 heteroatoms. The number of hydrogen-bond donors (Lipinski definition) is 2. The van der Waals surface area contributed by atoms with Gasteiger partial charge >= 0.3 is 0 Å². The molecule has 2 heterocycles. The van der Waals surface area contributed by atoms with Crippen LogP contribution in [0.25, 0.3) is 0 Å². The predicted octanol–water partition coefficient (Wildman–Crippen LogP) is 3.42. The summed E-state index contributed by atoms with van der Waals surface area (Å²) < 4.78 is 0. The van der Waals surface area contributed by atoms with Crippen LogP contribution in [0.2, 0.25) is 0 Å². The summed E-state index contributed by atoms with van der Waals surface area (Å²) in [6, 6.07) is 6.15. The summed E-state index contributed by atoms with van der Waals surface area (Å²) in [4.78, 5) is 5.71. The fourth-order valence-electron chi connectivity index (χ4n) is 1.70. The van der Waals surface area contributed by atoms with Crippen LogP contribution in [0, 0.1) is 6.92 Å². The summed E-state index contributed by atoms with van der Waals surface area (Å²) in [5, 5.41) is 5.47. The summed E-state index contributed by atoms with van der Waals surface area (Å²) in [6.07, 6.45) is 1.80. The third-order valence-electron chi connectivity index (χ3n) is 3.04. The Kier molecular flexibility index (Phi) is 3.57. The standard InChI is InChI=1S/C14H19N3S/c1-10-8-16-13(7-11(10)15)17-9-14(2,3)12-5-4-6-18-12/h4-8H,9H2,1-3H3,(H3,15,16,17). The summed E-state index contributed by atoms with van der Waals surface area (Å²) in [6.45, 7) is 7.25. The van der Waals surface area contributed by atoms with E-state index < -0.39 is 0 Å². The zero-order valence-corrected chi connectivity index (χ0v) is 11.8. The van der Waals surface area contributed by atoms with Gasteiger partial charge in [-0.05, 0) is 23.9 Å². The van der Waals surface area contributed by atoms with Gasteiger partial charge in [0.1, 0.15) is 5.82 Å². The Labute approximate surface area is 112 Å². The number of aryl methyl sites for hydroxylation is 1. The van der Waals surface area contributed by atoms with Crippen LogP contribution in [0.5, 0.6) is 0 Å². The Hall–Kier alpha value is -1.55. The second-order valence-corrected chi connectivity index (χ2v) is 6.09. The molecule has 18 heavy (non-hydrogen) atoms. The predicted molar refractivity (Wildman–Crippen MR) is 79.2 cm³/mol. The maximum absolute atomic E-state index is 5.88. The minimum atomic E-state index is 0.0928. The van der Waals surface area contributed by atoms with Gasteiger partial charge in [-0.15, -0.1) is 11.3 Å². The van der Waals surface area contributed by atoms with Crippen LogP contribution in [-0.4, -0.2) is 11.5 Å². The van der Waals surface area contributed by atoms with E-state index in [-0.39, 0.29) is 5.41 Å². The highest BCUT2D eigenvalue weighted by atomic mass is 32.1. The van der Waals surface area contributed by atoms with Gasteiger partial charge in [-0.25, -0.2) is 4.98 Å². The van der Waals surface area contributed by atoms with Gasteiger partial charge in [-0.1, -0.05) is 19.9 Å². The number of aromatic nitrogens is 1. The van der Waals surface area contributed by atoms with E-state index in [1.165, 1.54) is 4.88 Å². The van der Waals surface area contributed by atoms with Crippen LogP contribution in [-0.2, 0) is 5.41 Å². The lowest BCUT2D eigenvalue weighted by Gasteiger charge is -2.24. The van der Waals surface area contributed by atoms with E-state index in [2.05, 4.69) is 41.7 Å². The molecule has 2 aromatic rings. The van der Waals surface area contributed by atoms with Crippen molar-refractivity contribution in [3.05, 3.63) is 40.2 Å². The molecule has 0 aliphatic heterocycles. The second kappa shape index (κ2) is 4.98. The molecular weight excluding hydrogens is 242 g/mol. The molecule has 3 N–H and O–H groups in total. The third-order valence-corrected chi connectivity index (χ3v) is 4.28. The van der Waals surface area contributed by atoms with E-state index in [0.29, 0.717) is 0 Å². The molecule has 0 aliphatic carbocycles. The summed E-state index contributed by atoms with van der Waals surface area (Å²) >= 11 is 1.79. The molecule has 2 aromatic heterocycles. The van der Waals surface area contributed by atoms with Crippen molar-refractivity contribution in [3.8, 4) is 0 Å². The smallest absolute Gasteiger partial charge is 0.127 e. The number of rotatable bonds is 4. The Morgan fingerprint density at radius 1 is 1.44 bits per heavy atom. The zero-order valence-electron chi connectivity index (χ0n) is 11.0. The van der Waals surface area contributed by atoms with Crippen LogP contribution < -0.4 is 11.1 Å². The van der Waals surface area contributed by atoms with Gasteiger partial charge in [0.05, 0.1) is 0 Å². The van der Waals surface area contributed by atoms with Crippen LogP contribution in [0.1, 0.15) is 24.3 Å². The van der Waals surface area contributed by atoms with Crippen molar-refractivity contribution in [2.24, 2.45) is 0 Å². The lowest BCUT2D eigenvalue weighted by Crippen LogP contribution is -2.26. The molecule has 96 valence electrons. The first-order chi connectivity index (χ1) is 8.49. The van der Waals surface area contributed by atoms with E-state index in [4.69, 9.17) is 5.73 Å². The van der Waals surface area contributed by atoms with Crippen molar-refractivity contribution < 1.29 is 0 Å². The average molecular weight is 261 g/mol. The number of pyridine rings is 1. The quantitative estimate of drug-likeness (QED) is 0.886. The van der Waals surface area contributed by atoms with Crippen LogP contribution >= 0.6 is 11.3 Å². The summed E-state index contributed by atoms with van der Waals surface area (Å²) in [5.74, 6) is 0.836. The van der Waals surface area contributed by atoms with Crippen molar-refractivity contribution in [1.82, 2.24) is 4.98 Å². The number of anilines is 2. The first-order valence-electron chi connectivity index (χ1n) is 5.99. The number of thiophene rings is 1.